The molecule has 4 atom stereocenters. The number of ether oxygens (including phenoxy) is 1. The predicted octanol–water partition coefficient (Wildman–Crippen LogP) is 4.02. The van der Waals surface area contributed by atoms with Crippen LogP contribution in [0.5, 0.6) is 0 Å². The summed E-state index contributed by atoms with van der Waals surface area (Å²) < 4.78 is 5.04. The molecule has 3 heteroatoms. The second-order valence-electron chi connectivity index (χ2n) is 8.63. The fourth-order valence-corrected chi connectivity index (χ4v) is 5.52. The number of fused-ring (bicyclic) bond motifs is 1. The quantitative estimate of drug-likeness (QED) is 0.475. The molecule has 0 unspecified atom stereocenters. The lowest BCUT2D eigenvalue weighted by molar-refractivity contribution is -0.135. The second-order valence-corrected chi connectivity index (χ2v) is 8.63. The summed E-state index contributed by atoms with van der Waals surface area (Å²) in [6.07, 6.45) is 7.63. The number of aliphatic hydroxyl groups is 1. The van der Waals surface area contributed by atoms with Crippen LogP contribution < -0.4 is 0 Å². The van der Waals surface area contributed by atoms with E-state index in [2.05, 4.69) is 27.4 Å². The van der Waals surface area contributed by atoms with Gasteiger partial charge < -0.3 is 9.84 Å². The number of cyclic esters (lactones) is 1. The Morgan fingerprint density at radius 3 is 2.74 bits per heavy atom. The topological polar surface area (TPSA) is 46.5 Å². The summed E-state index contributed by atoms with van der Waals surface area (Å²) >= 11 is 0. The van der Waals surface area contributed by atoms with E-state index in [9.17, 15) is 9.90 Å². The maximum Gasteiger partial charge on any atom is 0.333 e. The Morgan fingerprint density at radius 2 is 2.09 bits per heavy atom. The molecule has 3 nitrogen and oxygen atoms in total. The van der Waals surface area contributed by atoms with Crippen molar-refractivity contribution in [2.45, 2.75) is 65.4 Å². The van der Waals surface area contributed by atoms with E-state index < -0.39 is 6.10 Å². The van der Waals surface area contributed by atoms with Crippen LogP contribution in [0.3, 0.4) is 0 Å². The zero-order chi connectivity index (χ0) is 16.8. The van der Waals surface area contributed by atoms with Crippen LogP contribution in [-0.2, 0) is 9.53 Å². The average Bonchev–Trinajstić information content (AvgIpc) is 2.87. The molecule has 2 saturated carbocycles. The lowest BCUT2D eigenvalue weighted by Crippen LogP contribution is -2.52. The van der Waals surface area contributed by atoms with Gasteiger partial charge >= 0.3 is 5.97 Å². The van der Waals surface area contributed by atoms with Gasteiger partial charge in [0.15, 0.2) is 0 Å². The highest BCUT2D eigenvalue weighted by atomic mass is 16.5. The van der Waals surface area contributed by atoms with Gasteiger partial charge in [0.25, 0.3) is 0 Å². The maximum atomic E-state index is 11.7. The molecule has 3 fully saturated rings. The van der Waals surface area contributed by atoms with Crippen LogP contribution >= 0.6 is 0 Å². The van der Waals surface area contributed by atoms with Gasteiger partial charge in [-0.05, 0) is 53.9 Å². The van der Waals surface area contributed by atoms with Crippen molar-refractivity contribution in [3.05, 3.63) is 23.8 Å². The molecule has 0 aromatic heterocycles. The number of aliphatic hydroxyl groups excluding tert-OH is 1. The summed E-state index contributed by atoms with van der Waals surface area (Å²) in [5.74, 6) is 0.581. The molecule has 1 saturated heterocycles. The predicted molar refractivity (Wildman–Crippen MR) is 90.8 cm³/mol. The lowest BCUT2D eigenvalue weighted by Gasteiger charge is -2.59. The van der Waals surface area contributed by atoms with Crippen molar-refractivity contribution < 1.29 is 14.6 Å². The number of esters is 1. The Morgan fingerprint density at radius 1 is 1.35 bits per heavy atom. The Labute approximate surface area is 139 Å². The van der Waals surface area contributed by atoms with E-state index in [4.69, 9.17) is 4.74 Å². The third kappa shape index (κ3) is 2.77. The summed E-state index contributed by atoms with van der Waals surface area (Å²) in [7, 11) is 0. The van der Waals surface area contributed by atoms with E-state index in [0.717, 1.165) is 24.0 Å². The number of carbonyl (C=O) groups excluding carboxylic acids is 1. The van der Waals surface area contributed by atoms with E-state index in [1.54, 1.807) is 0 Å². The highest BCUT2D eigenvalue weighted by Gasteiger charge is 2.54. The van der Waals surface area contributed by atoms with Crippen molar-refractivity contribution in [2.24, 2.45) is 22.7 Å². The first-order valence-electron chi connectivity index (χ1n) is 8.98. The van der Waals surface area contributed by atoms with Crippen LogP contribution in [0.15, 0.2) is 23.8 Å². The van der Waals surface area contributed by atoms with E-state index >= 15 is 0 Å². The van der Waals surface area contributed by atoms with Gasteiger partial charge in [-0.15, -0.1) is 0 Å². The molecule has 0 radical (unpaired) electrons. The number of hydrogen-bond donors (Lipinski definition) is 1. The average molecular weight is 318 g/mol. The summed E-state index contributed by atoms with van der Waals surface area (Å²) in [5.41, 5.74) is 2.18. The zero-order valence-electron chi connectivity index (χ0n) is 14.7. The van der Waals surface area contributed by atoms with Crippen molar-refractivity contribution in [1.29, 1.82) is 0 Å². The molecule has 0 aromatic carbocycles. The molecule has 3 aliphatic rings. The molecule has 2 aliphatic carbocycles. The number of allylic oxidation sites excluding steroid dienone is 1. The molecule has 0 amide bonds. The molecule has 1 N–H and O–H groups in total. The SMILES string of the molecule is C=C1[C@@H](O)C[C@@H]2C(C)(C)CCC[C@]2(C)[C@H]1C/C=C1/CCOC1=O. The third-order valence-corrected chi connectivity index (χ3v) is 6.87. The molecule has 3 rings (SSSR count). The molecule has 0 spiro atoms. The molecule has 1 heterocycles. The van der Waals surface area contributed by atoms with E-state index in [1.807, 2.05) is 6.08 Å². The van der Waals surface area contributed by atoms with Gasteiger partial charge in [0.05, 0.1) is 12.7 Å². The van der Waals surface area contributed by atoms with Crippen LogP contribution in [-0.4, -0.2) is 23.8 Å². The Hall–Kier alpha value is -1.09. The molecular formula is C20H30O3. The van der Waals surface area contributed by atoms with Gasteiger partial charge in [0, 0.05) is 12.0 Å². The van der Waals surface area contributed by atoms with Gasteiger partial charge in [-0.25, -0.2) is 4.79 Å². The van der Waals surface area contributed by atoms with E-state index in [-0.39, 0.29) is 22.7 Å². The standard InChI is InChI=1S/C20H30O3/c1-13-15(7-6-14-8-11-23-18(14)22)20(4)10-5-9-19(2,3)17(20)12-16(13)21/h6,15-17,21H,1,5,7-12H2,2-4H3/b14-6-/t15-,16-,17+,20+/m0/s1. The summed E-state index contributed by atoms with van der Waals surface area (Å²) in [6.45, 7) is 11.8. The fourth-order valence-electron chi connectivity index (χ4n) is 5.52. The number of carbonyl (C=O) groups is 1. The molecule has 1 aliphatic heterocycles. The first-order chi connectivity index (χ1) is 10.8. The largest absolute Gasteiger partial charge is 0.462 e. The minimum absolute atomic E-state index is 0.164. The highest BCUT2D eigenvalue weighted by molar-refractivity contribution is 5.90. The molecule has 23 heavy (non-hydrogen) atoms. The van der Waals surface area contributed by atoms with Crippen molar-refractivity contribution in [3.63, 3.8) is 0 Å². The smallest absolute Gasteiger partial charge is 0.333 e. The Bertz CT molecular complexity index is 545. The molecule has 0 bridgehead atoms. The number of hydrogen-bond acceptors (Lipinski definition) is 3. The lowest BCUT2D eigenvalue weighted by atomic mass is 9.46. The van der Waals surface area contributed by atoms with Crippen LogP contribution in [0, 0.1) is 22.7 Å². The first kappa shape index (κ1) is 16.8. The molecule has 0 aromatic rings. The van der Waals surface area contributed by atoms with Crippen molar-refractivity contribution in [1.82, 2.24) is 0 Å². The Kier molecular flexibility index (Phi) is 4.20. The van der Waals surface area contributed by atoms with Crippen LogP contribution in [0.1, 0.15) is 59.3 Å². The van der Waals surface area contributed by atoms with E-state index in [0.29, 0.717) is 18.9 Å². The monoisotopic (exact) mass is 318 g/mol. The van der Waals surface area contributed by atoms with Crippen LogP contribution in [0.25, 0.3) is 0 Å². The maximum absolute atomic E-state index is 11.7. The van der Waals surface area contributed by atoms with Crippen molar-refractivity contribution >= 4 is 5.97 Å². The van der Waals surface area contributed by atoms with Gasteiger partial charge in [0.2, 0.25) is 0 Å². The van der Waals surface area contributed by atoms with Crippen molar-refractivity contribution in [2.75, 3.05) is 6.61 Å². The summed E-state index contributed by atoms with van der Waals surface area (Å²) in [4.78, 5) is 11.7. The second kappa shape index (κ2) is 5.77. The van der Waals surface area contributed by atoms with Gasteiger partial charge in [0.1, 0.15) is 0 Å². The van der Waals surface area contributed by atoms with E-state index in [1.165, 1.54) is 19.3 Å². The number of rotatable bonds is 2. The highest BCUT2D eigenvalue weighted by Crippen LogP contribution is 2.61. The van der Waals surface area contributed by atoms with Crippen LogP contribution in [0.4, 0.5) is 0 Å². The summed E-state index contributed by atoms with van der Waals surface area (Å²) in [6, 6.07) is 0. The van der Waals surface area contributed by atoms with Crippen LogP contribution in [0.2, 0.25) is 0 Å². The minimum Gasteiger partial charge on any atom is -0.462 e. The zero-order valence-corrected chi connectivity index (χ0v) is 14.7. The van der Waals surface area contributed by atoms with Crippen molar-refractivity contribution in [3.8, 4) is 0 Å². The molecular weight excluding hydrogens is 288 g/mol. The Balaban J connectivity index is 1.89. The normalized spacial score (nSPS) is 41.7. The van der Waals surface area contributed by atoms with Gasteiger partial charge in [-0.3, -0.25) is 0 Å². The molecule has 128 valence electrons. The fraction of sp³-hybridized carbons (Fsp3) is 0.750. The minimum atomic E-state index is -0.413. The summed E-state index contributed by atoms with van der Waals surface area (Å²) in [5, 5.41) is 10.6. The first-order valence-corrected chi connectivity index (χ1v) is 8.98. The van der Waals surface area contributed by atoms with Gasteiger partial charge in [-0.1, -0.05) is 39.8 Å². The third-order valence-electron chi connectivity index (χ3n) is 6.87. The van der Waals surface area contributed by atoms with Gasteiger partial charge in [-0.2, -0.15) is 0 Å².